The van der Waals surface area contributed by atoms with Gasteiger partial charge in [0.1, 0.15) is 12.1 Å². The zero-order valence-corrected chi connectivity index (χ0v) is 14.6. The third-order valence-electron chi connectivity index (χ3n) is 4.82. The number of aromatic nitrogens is 6. The molecule has 1 aromatic carbocycles. The molecule has 1 amide bonds. The van der Waals surface area contributed by atoms with Gasteiger partial charge in [0, 0.05) is 17.9 Å². The molecule has 3 aromatic heterocycles. The third-order valence-corrected chi connectivity index (χ3v) is 4.82. The minimum Gasteiger partial charge on any atom is -0.310 e. The van der Waals surface area contributed by atoms with E-state index in [0.29, 0.717) is 28.5 Å². The molecule has 140 valence electrons. The van der Waals surface area contributed by atoms with Gasteiger partial charge in [-0.2, -0.15) is 14.3 Å². The van der Waals surface area contributed by atoms with E-state index in [1.54, 1.807) is 19.1 Å². The number of nitrogens with zero attached hydrogens (tertiary/aromatic N) is 6. The smallest absolute Gasteiger partial charge is 0.226 e. The van der Waals surface area contributed by atoms with E-state index in [1.807, 2.05) is 0 Å². The van der Waals surface area contributed by atoms with Crippen molar-refractivity contribution in [1.82, 2.24) is 29.6 Å². The molecule has 0 spiro atoms. The summed E-state index contributed by atoms with van der Waals surface area (Å²) in [6.07, 6.45) is 1.45. The first-order chi connectivity index (χ1) is 13.5. The second kappa shape index (κ2) is 5.91. The summed E-state index contributed by atoms with van der Waals surface area (Å²) < 4.78 is 31.2. The molecule has 0 aliphatic carbocycles. The number of amides is 1. The lowest BCUT2D eigenvalue weighted by atomic mass is 9.85. The Labute approximate surface area is 156 Å². The first-order valence-electron chi connectivity index (χ1n) is 8.53. The van der Waals surface area contributed by atoms with Gasteiger partial charge in [0.2, 0.25) is 5.91 Å². The highest BCUT2D eigenvalue weighted by molar-refractivity contribution is 5.95. The number of hydrogen-bond donors (Lipinski definition) is 1. The Bertz CT molecular complexity index is 1250. The van der Waals surface area contributed by atoms with Gasteiger partial charge in [-0.3, -0.25) is 4.79 Å². The van der Waals surface area contributed by atoms with E-state index in [9.17, 15) is 13.6 Å². The number of nitrogens with one attached hydrogen (secondary N) is 1. The quantitative estimate of drug-likeness (QED) is 0.576. The zero-order chi connectivity index (χ0) is 19.4. The molecule has 1 aliphatic heterocycles. The van der Waals surface area contributed by atoms with Crippen molar-refractivity contribution < 1.29 is 13.6 Å². The van der Waals surface area contributed by atoms with Crippen molar-refractivity contribution in [3.8, 4) is 5.82 Å². The van der Waals surface area contributed by atoms with Crippen molar-refractivity contribution in [2.45, 2.75) is 19.3 Å². The SMILES string of the molecule is Cc1nn(-c2ccc3nncn3n2)c2c1C(c1cccc(F)c1F)CC(=O)N2. The van der Waals surface area contributed by atoms with E-state index >= 15 is 0 Å². The highest BCUT2D eigenvalue weighted by atomic mass is 19.2. The fourth-order valence-electron chi connectivity index (χ4n) is 3.60. The Kier molecular flexibility index (Phi) is 3.48. The van der Waals surface area contributed by atoms with Gasteiger partial charge in [-0.15, -0.1) is 15.3 Å². The van der Waals surface area contributed by atoms with Crippen LogP contribution in [0.3, 0.4) is 0 Å². The van der Waals surface area contributed by atoms with Gasteiger partial charge in [-0.25, -0.2) is 8.78 Å². The molecule has 10 heteroatoms. The molecule has 28 heavy (non-hydrogen) atoms. The summed E-state index contributed by atoms with van der Waals surface area (Å²) in [7, 11) is 0. The van der Waals surface area contributed by atoms with Gasteiger partial charge in [-0.05, 0) is 30.7 Å². The van der Waals surface area contributed by atoms with Crippen molar-refractivity contribution in [2.24, 2.45) is 0 Å². The summed E-state index contributed by atoms with van der Waals surface area (Å²) in [5.41, 5.74) is 1.91. The van der Waals surface area contributed by atoms with Crippen LogP contribution in [0.25, 0.3) is 11.5 Å². The molecule has 0 saturated carbocycles. The number of carbonyl (C=O) groups is 1. The van der Waals surface area contributed by atoms with Gasteiger partial charge >= 0.3 is 0 Å². The predicted octanol–water partition coefficient (Wildman–Crippen LogP) is 2.37. The molecule has 4 heterocycles. The summed E-state index contributed by atoms with van der Waals surface area (Å²) in [4.78, 5) is 12.4. The van der Waals surface area contributed by atoms with Crippen LogP contribution in [0.15, 0.2) is 36.7 Å². The van der Waals surface area contributed by atoms with Crippen LogP contribution in [0.1, 0.15) is 29.2 Å². The monoisotopic (exact) mass is 381 g/mol. The Morgan fingerprint density at radius 3 is 2.89 bits per heavy atom. The maximum Gasteiger partial charge on any atom is 0.226 e. The molecule has 0 saturated heterocycles. The van der Waals surface area contributed by atoms with Crippen molar-refractivity contribution >= 4 is 17.4 Å². The molecule has 1 aliphatic rings. The summed E-state index contributed by atoms with van der Waals surface area (Å²) >= 11 is 0. The van der Waals surface area contributed by atoms with E-state index in [1.165, 1.54) is 27.7 Å². The lowest BCUT2D eigenvalue weighted by molar-refractivity contribution is -0.116. The lowest BCUT2D eigenvalue weighted by Crippen LogP contribution is -2.25. The first kappa shape index (κ1) is 16.5. The molecule has 1 atom stereocenters. The predicted molar refractivity (Wildman–Crippen MR) is 94.1 cm³/mol. The van der Waals surface area contributed by atoms with Gasteiger partial charge in [-0.1, -0.05) is 12.1 Å². The molecular formula is C18H13F2N7O. The first-order valence-corrected chi connectivity index (χ1v) is 8.53. The van der Waals surface area contributed by atoms with Gasteiger partial charge in [0.05, 0.1) is 5.69 Å². The van der Waals surface area contributed by atoms with Crippen LogP contribution in [0.4, 0.5) is 14.6 Å². The molecule has 0 bridgehead atoms. The van der Waals surface area contributed by atoms with E-state index in [4.69, 9.17) is 0 Å². The van der Waals surface area contributed by atoms with Crippen LogP contribution >= 0.6 is 0 Å². The Morgan fingerprint density at radius 2 is 2.04 bits per heavy atom. The Morgan fingerprint density at radius 1 is 1.18 bits per heavy atom. The van der Waals surface area contributed by atoms with Crippen LogP contribution in [-0.4, -0.2) is 35.5 Å². The van der Waals surface area contributed by atoms with Crippen molar-refractivity contribution in [1.29, 1.82) is 0 Å². The van der Waals surface area contributed by atoms with Crippen LogP contribution in [-0.2, 0) is 4.79 Å². The molecule has 5 rings (SSSR count). The van der Waals surface area contributed by atoms with Gasteiger partial charge < -0.3 is 5.32 Å². The third kappa shape index (κ3) is 2.38. The minimum atomic E-state index is -0.954. The average molecular weight is 381 g/mol. The highest BCUT2D eigenvalue weighted by Gasteiger charge is 2.34. The number of rotatable bonds is 2. The number of anilines is 1. The molecule has 0 fully saturated rings. The number of halogens is 2. The maximum atomic E-state index is 14.4. The number of benzene rings is 1. The molecule has 0 radical (unpaired) electrons. The largest absolute Gasteiger partial charge is 0.310 e. The summed E-state index contributed by atoms with van der Waals surface area (Å²) in [6.45, 7) is 1.76. The van der Waals surface area contributed by atoms with Gasteiger partial charge in [0.25, 0.3) is 0 Å². The molecule has 4 aromatic rings. The number of hydrogen-bond acceptors (Lipinski definition) is 5. The molecule has 8 nitrogen and oxygen atoms in total. The summed E-state index contributed by atoms with van der Waals surface area (Å²) in [5.74, 6) is -2.04. The van der Waals surface area contributed by atoms with Crippen LogP contribution in [0.2, 0.25) is 0 Å². The fourth-order valence-corrected chi connectivity index (χ4v) is 3.60. The second-order valence-corrected chi connectivity index (χ2v) is 6.53. The maximum absolute atomic E-state index is 14.4. The van der Waals surface area contributed by atoms with E-state index in [2.05, 4.69) is 25.7 Å². The number of carbonyl (C=O) groups excluding carboxylic acids is 1. The summed E-state index contributed by atoms with van der Waals surface area (Å²) in [6, 6.07) is 7.38. The average Bonchev–Trinajstić information content (AvgIpc) is 3.27. The standard InChI is InChI=1S/C18H13F2N7O/c1-9-16-11(10-3-2-4-12(19)17(10)20)7-15(28)22-18(16)27(24-9)14-6-5-13-23-21-8-26(13)25-14/h2-6,8,11H,7H2,1H3,(H,22,28). The number of aryl methyl sites for hydroxylation is 1. The van der Waals surface area contributed by atoms with Crippen LogP contribution < -0.4 is 5.32 Å². The van der Waals surface area contributed by atoms with Crippen LogP contribution in [0.5, 0.6) is 0 Å². The molecule has 1 unspecified atom stereocenters. The van der Waals surface area contributed by atoms with Crippen molar-refractivity contribution in [2.75, 3.05) is 5.32 Å². The van der Waals surface area contributed by atoms with Gasteiger partial charge in [0.15, 0.2) is 23.1 Å². The molecule has 1 N–H and O–H groups in total. The molecular weight excluding hydrogens is 368 g/mol. The van der Waals surface area contributed by atoms with Crippen molar-refractivity contribution in [3.63, 3.8) is 0 Å². The zero-order valence-electron chi connectivity index (χ0n) is 14.6. The number of fused-ring (bicyclic) bond motifs is 2. The lowest BCUT2D eigenvalue weighted by Gasteiger charge is -2.24. The van der Waals surface area contributed by atoms with E-state index in [-0.39, 0.29) is 17.9 Å². The Balaban J connectivity index is 1.70. The van der Waals surface area contributed by atoms with E-state index in [0.717, 1.165) is 6.07 Å². The second-order valence-electron chi connectivity index (χ2n) is 6.53. The highest BCUT2D eigenvalue weighted by Crippen LogP contribution is 2.41. The minimum absolute atomic E-state index is 0.00217. The van der Waals surface area contributed by atoms with E-state index < -0.39 is 17.6 Å². The Hall–Kier alpha value is -3.69. The summed E-state index contributed by atoms with van der Waals surface area (Å²) in [5, 5.41) is 19.3. The van der Waals surface area contributed by atoms with Crippen molar-refractivity contribution in [3.05, 3.63) is 65.1 Å². The van der Waals surface area contributed by atoms with Crippen LogP contribution in [0, 0.1) is 18.6 Å². The fraction of sp³-hybridized carbons (Fsp3) is 0.167. The normalized spacial score (nSPS) is 16.2. The topological polar surface area (TPSA) is 90.0 Å².